The van der Waals surface area contributed by atoms with E-state index in [1.54, 1.807) is 0 Å². The van der Waals surface area contributed by atoms with Crippen molar-refractivity contribution in [3.63, 3.8) is 0 Å². The molecule has 5 heteroatoms. The SMILES string of the molecule is CCOC1=NN(c2ccccc2)C(=O)/C1=C\c1ccc(N(CC)CC)cc1. The third-order valence-corrected chi connectivity index (χ3v) is 4.46. The Morgan fingerprint density at radius 1 is 1.00 bits per heavy atom. The summed E-state index contributed by atoms with van der Waals surface area (Å²) in [5, 5.41) is 5.77. The van der Waals surface area contributed by atoms with Crippen LogP contribution in [0.4, 0.5) is 11.4 Å². The maximum Gasteiger partial charge on any atom is 0.284 e. The Labute approximate surface area is 160 Å². The Hall–Kier alpha value is -3.08. The number of hydrogen-bond donors (Lipinski definition) is 0. The van der Waals surface area contributed by atoms with E-state index in [1.165, 1.54) is 10.7 Å². The highest BCUT2D eigenvalue weighted by atomic mass is 16.5. The number of para-hydroxylation sites is 1. The van der Waals surface area contributed by atoms with Crippen molar-refractivity contribution in [2.45, 2.75) is 20.8 Å². The predicted molar refractivity (Wildman–Crippen MR) is 111 cm³/mol. The Bertz CT molecular complexity index is 838. The van der Waals surface area contributed by atoms with E-state index in [0.29, 0.717) is 18.1 Å². The van der Waals surface area contributed by atoms with Crippen LogP contribution in [0.2, 0.25) is 0 Å². The van der Waals surface area contributed by atoms with Crippen LogP contribution in [-0.4, -0.2) is 31.5 Å². The zero-order chi connectivity index (χ0) is 19.2. The molecule has 2 aromatic rings. The smallest absolute Gasteiger partial charge is 0.284 e. The highest BCUT2D eigenvalue weighted by Crippen LogP contribution is 2.26. The first-order chi connectivity index (χ1) is 13.2. The lowest BCUT2D eigenvalue weighted by atomic mass is 10.1. The Morgan fingerprint density at radius 3 is 2.26 bits per heavy atom. The van der Waals surface area contributed by atoms with Gasteiger partial charge < -0.3 is 9.64 Å². The highest BCUT2D eigenvalue weighted by molar-refractivity contribution is 6.30. The fraction of sp³-hybridized carbons (Fsp3) is 0.273. The molecule has 0 aliphatic carbocycles. The van der Waals surface area contributed by atoms with E-state index >= 15 is 0 Å². The fourth-order valence-electron chi connectivity index (χ4n) is 3.04. The van der Waals surface area contributed by atoms with Crippen LogP contribution in [0.25, 0.3) is 6.08 Å². The number of hydrogen-bond acceptors (Lipinski definition) is 4. The lowest BCUT2D eigenvalue weighted by Crippen LogP contribution is -2.21. The number of hydrazone groups is 1. The minimum Gasteiger partial charge on any atom is -0.476 e. The largest absolute Gasteiger partial charge is 0.476 e. The van der Waals surface area contributed by atoms with Crippen LogP contribution < -0.4 is 9.91 Å². The van der Waals surface area contributed by atoms with Gasteiger partial charge in [-0.1, -0.05) is 30.3 Å². The Balaban J connectivity index is 1.90. The molecule has 0 spiro atoms. The van der Waals surface area contributed by atoms with Gasteiger partial charge in [0.05, 0.1) is 12.3 Å². The molecule has 140 valence electrons. The van der Waals surface area contributed by atoms with Gasteiger partial charge in [-0.25, -0.2) is 0 Å². The van der Waals surface area contributed by atoms with Crippen LogP contribution in [0, 0.1) is 0 Å². The number of carbonyl (C=O) groups is 1. The first kappa shape index (κ1) is 18.7. The molecule has 27 heavy (non-hydrogen) atoms. The third kappa shape index (κ3) is 4.03. The summed E-state index contributed by atoms with van der Waals surface area (Å²) in [5.41, 5.74) is 3.30. The van der Waals surface area contributed by atoms with Gasteiger partial charge in [-0.15, -0.1) is 5.10 Å². The summed E-state index contributed by atoms with van der Waals surface area (Å²) >= 11 is 0. The van der Waals surface area contributed by atoms with Crippen LogP contribution in [-0.2, 0) is 9.53 Å². The molecule has 3 rings (SSSR count). The number of ether oxygens (including phenoxy) is 1. The van der Waals surface area contributed by atoms with Crippen molar-refractivity contribution >= 4 is 29.3 Å². The summed E-state index contributed by atoms with van der Waals surface area (Å²) in [6.07, 6.45) is 1.84. The maximum atomic E-state index is 12.9. The van der Waals surface area contributed by atoms with Gasteiger partial charge in [0.1, 0.15) is 5.57 Å². The number of nitrogens with zero attached hydrogens (tertiary/aromatic N) is 3. The molecular formula is C22H25N3O2. The molecule has 0 saturated carbocycles. The summed E-state index contributed by atoms with van der Waals surface area (Å²) in [6, 6.07) is 17.6. The number of anilines is 2. The molecule has 1 aliphatic rings. The molecule has 0 saturated heterocycles. The van der Waals surface area contributed by atoms with Gasteiger partial charge >= 0.3 is 0 Å². The van der Waals surface area contributed by atoms with Crippen LogP contribution in [0.5, 0.6) is 0 Å². The summed E-state index contributed by atoms with van der Waals surface area (Å²) in [7, 11) is 0. The first-order valence-corrected chi connectivity index (χ1v) is 9.35. The van der Waals surface area contributed by atoms with E-state index in [2.05, 4.69) is 36.0 Å². The maximum absolute atomic E-state index is 12.9. The molecule has 2 aromatic carbocycles. The molecule has 1 amide bonds. The monoisotopic (exact) mass is 363 g/mol. The Kier molecular flexibility index (Phi) is 5.91. The zero-order valence-electron chi connectivity index (χ0n) is 16.1. The van der Waals surface area contributed by atoms with Crippen molar-refractivity contribution in [2.75, 3.05) is 29.6 Å². The van der Waals surface area contributed by atoms with Crippen molar-refractivity contribution < 1.29 is 9.53 Å². The topological polar surface area (TPSA) is 45.1 Å². The first-order valence-electron chi connectivity index (χ1n) is 9.35. The zero-order valence-corrected chi connectivity index (χ0v) is 16.1. The Morgan fingerprint density at radius 2 is 1.67 bits per heavy atom. The highest BCUT2D eigenvalue weighted by Gasteiger charge is 2.32. The molecular weight excluding hydrogens is 338 g/mol. The van der Waals surface area contributed by atoms with Gasteiger partial charge in [0.2, 0.25) is 5.90 Å². The van der Waals surface area contributed by atoms with Crippen molar-refractivity contribution in [2.24, 2.45) is 5.10 Å². The second kappa shape index (κ2) is 8.54. The second-order valence-corrected chi connectivity index (χ2v) is 6.11. The summed E-state index contributed by atoms with van der Waals surface area (Å²) in [6.45, 7) is 8.53. The van der Waals surface area contributed by atoms with Gasteiger partial charge in [0.25, 0.3) is 5.91 Å². The van der Waals surface area contributed by atoms with Crippen LogP contribution in [0.1, 0.15) is 26.3 Å². The van der Waals surface area contributed by atoms with E-state index in [1.807, 2.05) is 55.5 Å². The number of benzene rings is 2. The number of amides is 1. The van der Waals surface area contributed by atoms with Gasteiger partial charge in [0.15, 0.2) is 0 Å². The van der Waals surface area contributed by atoms with Crippen LogP contribution in [0.3, 0.4) is 0 Å². The molecule has 0 radical (unpaired) electrons. The van der Waals surface area contributed by atoms with Crippen LogP contribution in [0.15, 0.2) is 65.3 Å². The minimum atomic E-state index is -0.183. The third-order valence-electron chi connectivity index (χ3n) is 4.46. The normalized spacial score (nSPS) is 15.2. The summed E-state index contributed by atoms with van der Waals surface area (Å²) < 4.78 is 5.62. The lowest BCUT2D eigenvalue weighted by molar-refractivity contribution is -0.114. The average molecular weight is 363 g/mol. The second-order valence-electron chi connectivity index (χ2n) is 6.11. The van der Waals surface area contributed by atoms with Crippen molar-refractivity contribution in [1.29, 1.82) is 0 Å². The average Bonchev–Trinajstić information content (AvgIpc) is 3.01. The van der Waals surface area contributed by atoms with E-state index in [0.717, 1.165) is 24.3 Å². The van der Waals surface area contributed by atoms with Crippen molar-refractivity contribution in [3.05, 3.63) is 65.7 Å². The fourth-order valence-corrected chi connectivity index (χ4v) is 3.04. The summed E-state index contributed by atoms with van der Waals surface area (Å²) in [5.74, 6) is 0.177. The van der Waals surface area contributed by atoms with E-state index in [-0.39, 0.29) is 5.91 Å². The molecule has 0 bridgehead atoms. The molecule has 0 atom stereocenters. The summed E-state index contributed by atoms with van der Waals surface area (Å²) in [4.78, 5) is 15.2. The molecule has 0 aromatic heterocycles. The van der Waals surface area contributed by atoms with E-state index in [4.69, 9.17) is 4.74 Å². The minimum absolute atomic E-state index is 0.183. The van der Waals surface area contributed by atoms with Gasteiger partial charge in [0, 0.05) is 18.8 Å². The molecule has 1 aliphatic heterocycles. The number of carbonyl (C=O) groups excluding carboxylic acids is 1. The number of rotatable bonds is 6. The molecule has 0 fully saturated rings. The molecule has 0 unspecified atom stereocenters. The molecule has 0 N–H and O–H groups in total. The molecule has 1 heterocycles. The van der Waals surface area contributed by atoms with E-state index < -0.39 is 0 Å². The van der Waals surface area contributed by atoms with Crippen LogP contribution >= 0.6 is 0 Å². The van der Waals surface area contributed by atoms with E-state index in [9.17, 15) is 4.79 Å². The quantitative estimate of drug-likeness (QED) is 0.718. The lowest BCUT2D eigenvalue weighted by Gasteiger charge is -2.20. The standard InChI is InChI=1S/C22H25N3O2/c1-4-24(5-2)18-14-12-17(13-15-18)16-20-21(27-6-3)23-25(22(20)26)19-10-8-7-9-11-19/h7-16H,4-6H2,1-3H3/b20-16-. The molecule has 5 nitrogen and oxygen atoms in total. The van der Waals surface area contributed by atoms with Gasteiger partial charge in [-0.3, -0.25) is 4.79 Å². The predicted octanol–water partition coefficient (Wildman–Crippen LogP) is 4.31. The van der Waals surface area contributed by atoms with Crippen molar-refractivity contribution in [3.8, 4) is 0 Å². The van der Waals surface area contributed by atoms with Crippen molar-refractivity contribution in [1.82, 2.24) is 0 Å². The van der Waals surface area contributed by atoms with Gasteiger partial charge in [-0.05, 0) is 56.7 Å². The van der Waals surface area contributed by atoms with Gasteiger partial charge in [-0.2, -0.15) is 5.01 Å².